The van der Waals surface area contributed by atoms with Crippen molar-refractivity contribution in [1.29, 1.82) is 0 Å². The van der Waals surface area contributed by atoms with Crippen LogP contribution in [0.15, 0.2) is 18.2 Å². The Kier molecular flexibility index (Phi) is 4.94. The third kappa shape index (κ3) is 3.29. The minimum Gasteiger partial charge on any atom is -0.380 e. The van der Waals surface area contributed by atoms with Crippen LogP contribution in [0.4, 0.5) is 0 Å². The number of methoxy groups -OCH3 is 1. The molecule has 0 bridgehead atoms. The van der Waals surface area contributed by atoms with Gasteiger partial charge < -0.3 is 10.5 Å². The van der Waals surface area contributed by atoms with Gasteiger partial charge in [0, 0.05) is 12.1 Å². The zero-order chi connectivity index (χ0) is 10.4. The van der Waals surface area contributed by atoms with Crippen molar-refractivity contribution in [1.82, 2.24) is 0 Å². The van der Waals surface area contributed by atoms with Crippen LogP contribution < -0.4 is 5.73 Å². The van der Waals surface area contributed by atoms with Crippen LogP contribution in [0.3, 0.4) is 0 Å². The first-order valence-electron chi connectivity index (χ1n) is 4.74. The third-order valence-corrected chi connectivity index (χ3v) is 2.35. The van der Waals surface area contributed by atoms with E-state index in [1.54, 1.807) is 7.11 Å². The summed E-state index contributed by atoms with van der Waals surface area (Å²) >= 11 is 5.92. The Morgan fingerprint density at radius 2 is 2.14 bits per heavy atom. The molecule has 0 saturated heterocycles. The fourth-order valence-corrected chi connectivity index (χ4v) is 1.61. The second-order valence-electron chi connectivity index (χ2n) is 3.24. The van der Waals surface area contributed by atoms with Crippen LogP contribution in [-0.4, -0.2) is 13.7 Å². The van der Waals surface area contributed by atoms with Crippen LogP contribution >= 0.6 is 11.6 Å². The van der Waals surface area contributed by atoms with Gasteiger partial charge in [0.05, 0.1) is 6.61 Å². The SMILES string of the molecule is COCc1ccc(Cl)cc1CCCN. The Hall–Kier alpha value is -0.570. The molecule has 0 aliphatic heterocycles. The monoisotopic (exact) mass is 213 g/mol. The van der Waals surface area contributed by atoms with Crippen molar-refractivity contribution in [2.45, 2.75) is 19.4 Å². The topological polar surface area (TPSA) is 35.2 Å². The molecule has 0 radical (unpaired) electrons. The molecule has 78 valence electrons. The number of hydrogen-bond acceptors (Lipinski definition) is 2. The second-order valence-corrected chi connectivity index (χ2v) is 3.67. The summed E-state index contributed by atoms with van der Waals surface area (Å²) in [6, 6.07) is 5.89. The Balaban J connectivity index is 2.79. The predicted octanol–water partition coefficient (Wildman–Crippen LogP) is 2.38. The van der Waals surface area contributed by atoms with E-state index in [2.05, 4.69) is 0 Å². The fourth-order valence-electron chi connectivity index (χ4n) is 1.42. The summed E-state index contributed by atoms with van der Waals surface area (Å²) in [7, 11) is 1.70. The zero-order valence-electron chi connectivity index (χ0n) is 8.42. The van der Waals surface area contributed by atoms with E-state index in [0.717, 1.165) is 17.9 Å². The van der Waals surface area contributed by atoms with Gasteiger partial charge in [-0.1, -0.05) is 17.7 Å². The molecule has 2 nitrogen and oxygen atoms in total. The molecule has 0 atom stereocenters. The van der Waals surface area contributed by atoms with Crippen molar-refractivity contribution in [3.63, 3.8) is 0 Å². The van der Waals surface area contributed by atoms with Gasteiger partial charge in [-0.15, -0.1) is 0 Å². The van der Waals surface area contributed by atoms with Crippen LogP contribution in [0.1, 0.15) is 17.5 Å². The molecule has 1 rings (SSSR count). The Morgan fingerprint density at radius 1 is 1.36 bits per heavy atom. The van der Waals surface area contributed by atoms with Crippen molar-refractivity contribution in [3.05, 3.63) is 34.3 Å². The van der Waals surface area contributed by atoms with E-state index in [4.69, 9.17) is 22.1 Å². The standard InChI is InChI=1S/C11H16ClNO/c1-14-8-10-4-5-11(12)7-9(10)3-2-6-13/h4-5,7H,2-3,6,8,13H2,1H3. The largest absolute Gasteiger partial charge is 0.380 e. The molecule has 0 fully saturated rings. The van der Waals surface area contributed by atoms with Gasteiger partial charge in [0.1, 0.15) is 0 Å². The van der Waals surface area contributed by atoms with Gasteiger partial charge in [0.2, 0.25) is 0 Å². The second kappa shape index (κ2) is 6.02. The molecule has 0 heterocycles. The van der Waals surface area contributed by atoms with E-state index >= 15 is 0 Å². The van der Waals surface area contributed by atoms with Crippen LogP contribution in [0.25, 0.3) is 0 Å². The molecule has 0 unspecified atom stereocenters. The van der Waals surface area contributed by atoms with Gasteiger partial charge in [-0.2, -0.15) is 0 Å². The number of nitrogens with two attached hydrogens (primary N) is 1. The molecule has 1 aromatic carbocycles. The maximum Gasteiger partial charge on any atom is 0.0715 e. The highest BCUT2D eigenvalue weighted by Gasteiger charge is 2.02. The van der Waals surface area contributed by atoms with E-state index in [9.17, 15) is 0 Å². The maximum absolute atomic E-state index is 5.92. The average Bonchev–Trinajstić information content (AvgIpc) is 2.18. The molecule has 0 spiro atoms. The van der Waals surface area contributed by atoms with Crippen LogP contribution in [0.5, 0.6) is 0 Å². The van der Waals surface area contributed by atoms with Crippen LogP contribution in [0, 0.1) is 0 Å². The summed E-state index contributed by atoms with van der Waals surface area (Å²) in [4.78, 5) is 0. The van der Waals surface area contributed by atoms with Gasteiger partial charge in [-0.3, -0.25) is 0 Å². The highest BCUT2D eigenvalue weighted by Crippen LogP contribution is 2.18. The average molecular weight is 214 g/mol. The van der Waals surface area contributed by atoms with Gasteiger partial charge in [-0.25, -0.2) is 0 Å². The van der Waals surface area contributed by atoms with E-state index in [1.165, 1.54) is 11.1 Å². The van der Waals surface area contributed by atoms with E-state index < -0.39 is 0 Å². The summed E-state index contributed by atoms with van der Waals surface area (Å²) in [5, 5.41) is 0.775. The van der Waals surface area contributed by atoms with Gasteiger partial charge in [0.15, 0.2) is 0 Å². The number of hydrogen-bond donors (Lipinski definition) is 1. The summed E-state index contributed by atoms with van der Waals surface area (Å²) in [5.74, 6) is 0. The highest BCUT2D eigenvalue weighted by atomic mass is 35.5. The molecule has 0 aliphatic rings. The molecule has 0 amide bonds. The van der Waals surface area contributed by atoms with Gasteiger partial charge >= 0.3 is 0 Å². The lowest BCUT2D eigenvalue weighted by Crippen LogP contribution is -2.03. The highest BCUT2D eigenvalue weighted by molar-refractivity contribution is 6.30. The molecule has 0 aromatic heterocycles. The van der Waals surface area contributed by atoms with Crippen LogP contribution in [0.2, 0.25) is 5.02 Å². The first kappa shape index (κ1) is 11.5. The minimum absolute atomic E-state index is 0.636. The maximum atomic E-state index is 5.92. The number of halogens is 1. The predicted molar refractivity (Wildman–Crippen MR) is 59.5 cm³/mol. The zero-order valence-corrected chi connectivity index (χ0v) is 9.18. The molecule has 0 aliphatic carbocycles. The van der Waals surface area contributed by atoms with Gasteiger partial charge in [-0.05, 0) is 42.6 Å². The van der Waals surface area contributed by atoms with Crippen molar-refractivity contribution < 1.29 is 4.74 Å². The number of ether oxygens (including phenoxy) is 1. The summed E-state index contributed by atoms with van der Waals surface area (Å²) in [6.45, 7) is 1.34. The lowest BCUT2D eigenvalue weighted by atomic mass is 10.0. The van der Waals surface area contributed by atoms with Crippen LogP contribution in [-0.2, 0) is 17.8 Å². The molecular weight excluding hydrogens is 198 g/mol. The van der Waals surface area contributed by atoms with Crippen molar-refractivity contribution in [2.24, 2.45) is 5.73 Å². The van der Waals surface area contributed by atoms with E-state index in [0.29, 0.717) is 13.2 Å². The lowest BCUT2D eigenvalue weighted by Gasteiger charge is -2.08. The third-order valence-electron chi connectivity index (χ3n) is 2.12. The smallest absolute Gasteiger partial charge is 0.0715 e. The summed E-state index contributed by atoms with van der Waals surface area (Å²) < 4.78 is 5.11. The minimum atomic E-state index is 0.636. The molecule has 3 heteroatoms. The van der Waals surface area contributed by atoms with E-state index in [1.807, 2.05) is 18.2 Å². The van der Waals surface area contributed by atoms with Gasteiger partial charge in [0.25, 0.3) is 0 Å². The Bertz CT molecular complexity index is 289. The normalized spacial score (nSPS) is 10.5. The lowest BCUT2D eigenvalue weighted by molar-refractivity contribution is 0.184. The summed E-state index contributed by atoms with van der Waals surface area (Å²) in [5.41, 5.74) is 7.91. The van der Waals surface area contributed by atoms with Crippen molar-refractivity contribution >= 4 is 11.6 Å². The van der Waals surface area contributed by atoms with Crippen molar-refractivity contribution in [3.8, 4) is 0 Å². The fraction of sp³-hybridized carbons (Fsp3) is 0.455. The first-order valence-corrected chi connectivity index (χ1v) is 5.12. The molecule has 1 aromatic rings. The Labute approximate surface area is 90.0 Å². The number of benzene rings is 1. The van der Waals surface area contributed by atoms with Crippen molar-refractivity contribution in [2.75, 3.05) is 13.7 Å². The number of rotatable bonds is 5. The Morgan fingerprint density at radius 3 is 2.79 bits per heavy atom. The molecule has 0 saturated carbocycles. The molecule has 14 heavy (non-hydrogen) atoms. The van der Waals surface area contributed by atoms with E-state index in [-0.39, 0.29) is 0 Å². The first-order chi connectivity index (χ1) is 6.77. The molecular formula is C11H16ClNO. The summed E-state index contributed by atoms with van der Waals surface area (Å²) in [6.07, 6.45) is 1.95. The quantitative estimate of drug-likeness (QED) is 0.815. The number of aryl methyl sites for hydroxylation is 1. The molecule has 2 N–H and O–H groups in total.